The molecular weight excluding hydrogens is 224 g/mol. The first-order valence-corrected chi connectivity index (χ1v) is 5.77. The van der Waals surface area contributed by atoms with Crippen LogP contribution < -0.4 is 0 Å². The second-order valence-corrected chi connectivity index (χ2v) is 4.04. The molecular formula is C12H22O5. The van der Waals surface area contributed by atoms with Crippen molar-refractivity contribution >= 4 is 5.97 Å². The number of carbonyl (C=O) groups excluding carboxylic acids is 1. The Balaban J connectivity index is 4.45. The molecule has 0 saturated carbocycles. The van der Waals surface area contributed by atoms with Crippen LogP contribution in [-0.4, -0.2) is 47.7 Å². The zero-order valence-corrected chi connectivity index (χ0v) is 10.5. The second-order valence-electron chi connectivity index (χ2n) is 4.04. The van der Waals surface area contributed by atoms with Crippen LogP contribution in [0.1, 0.15) is 26.7 Å². The van der Waals surface area contributed by atoms with Gasteiger partial charge in [-0.25, -0.2) is 4.79 Å². The summed E-state index contributed by atoms with van der Waals surface area (Å²) in [5, 5.41) is 27.2. The highest BCUT2D eigenvalue weighted by Gasteiger charge is 2.30. The normalized spacial score (nSPS) is 12.6. The highest BCUT2D eigenvalue weighted by atomic mass is 16.5. The maximum atomic E-state index is 11.6. The summed E-state index contributed by atoms with van der Waals surface area (Å²) in [4.78, 5) is 11.6. The van der Waals surface area contributed by atoms with Crippen molar-refractivity contribution in [3.05, 3.63) is 11.6 Å². The van der Waals surface area contributed by atoms with Crippen molar-refractivity contribution in [3.8, 4) is 0 Å². The summed E-state index contributed by atoms with van der Waals surface area (Å²) >= 11 is 0. The Morgan fingerprint density at radius 2 is 1.71 bits per heavy atom. The molecule has 0 unspecified atom stereocenters. The zero-order valence-electron chi connectivity index (χ0n) is 10.5. The summed E-state index contributed by atoms with van der Waals surface area (Å²) in [6.45, 7) is 2.25. The molecule has 0 radical (unpaired) electrons. The molecule has 3 N–H and O–H groups in total. The Labute approximate surface area is 102 Å². The summed E-state index contributed by atoms with van der Waals surface area (Å²) in [5.41, 5.74) is -0.601. The smallest absolute Gasteiger partial charge is 0.333 e. The number of hydrogen-bond acceptors (Lipinski definition) is 5. The van der Waals surface area contributed by atoms with Gasteiger partial charge in [-0.2, -0.15) is 0 Å². The van der Waals surface area contributed by atoms with Crippen LogP contribution >= 0.6 is 0 Å². The number of esters is 1. The van der Waals surface area contributed by atoms with Crippen molar-refractivity contribution in [2.75, 3.05) is 26.4 Å². The molecule has 0 amide bonds. The maximum absolute atomic E-state index is 11.6. The van der Waals surface area contributed by atoms with E-state index in [0.29, 0.717) is 12.0 Å². The van der Waals surface area contributed by atoms with E-state index in [1.807, 2.05) is 13.8 Å². The van der Waals surface area contributed by atoms with Gasteiger partial charge < -0.3 is 20.1 Å². The van der Waals surface area contributed by atoms with E-state index in [-0.39, 0.29) is 6.61 Å². The van der Waals surface area contributed by atoms with Gasteiger partial charge in [0.25, 0.3) is 0 Å². The van der Waals surface area contributed by atoms with Gasteiger partial charge in [-0.15, -0.1) is 0 Å². The number of allylic oxidation sites excluding steroid dienone is 1. The van der Waals surface area contributed by atoms with Crippen LogP contribution in [0.15, 0.2) is 11.6 Å². The number of aliphatic hydroxyl groups excluding tert-OH is 3. The Kier molecular flexibility index (Phi) is 7.78. The van der Waals surface area contributed by atoms with Crippen LogP contribution in [0.5, 0.6) is 0 Å². The predicted molar refractivity (Wildman–Crippen MR) is 63.3 cm³/mol. The van der Waals surface area contributed by atoms with Gasteiger partial charge in [0.05, 0.1) is 25.2 Å². The van der Waals surface area contributed by atoms with Crippen LogP contribution in [0, 0.1) is 5.41 Å². The Morgan fingerprint density at radius 3 is 2.06 bits per heavy atom. The molecule has 5 heteroatoms. The van der Waals surface area contributed by atoms with E-state index < -0.39 is 31.2 Å². The molecule has 100 valence electrons. The first kappa shape index (κ1) is 16.1. The zero-order chi connectivity index (χ0) is 13.3. The van der Waals surface area contributed by atoms with Gasteiger partial charge in [-0.1, -0.05) is 19.9 Å². The van der Waals surface area contributed by atoms with E-state index in [1.54, 1.807) is 6.08 Å². The third-order valence-electron chi connectivity index (χ3n) is 2.61. The van der Waals surface area contributed by atoms with E-state index in [0.717, 1.165) is 6.42 Å². The highest BCUT2D eigenvalue weighted by Crippen LogP contribution is 2.16. The predicted octanol–water partition coefficient (Wildman–Crippen LogP) is 0.239. The van der Waals surface area contributed by atoms with E-state index in [9.17, 15) is 4.79 Å². The molecule has 0 rings (SSSR count). The average Bonchev–Trinajstić information content (AvgIpc) is 2.38. The van der Waals surface area contributed by atoms with E-state index >= 15 is 0 Å². The van der Waals surface area contributed by atoms with Gasteiger partial charge in [0, 0.05) is 5.57 Å². The third kappa shape index (κ3) is 4.85. The lowest BCUT2D eigenvalue weighted by molar-refractivity contribution is -0.146. The molecule has 0 aromatic rings. The SMILES string of the molecule is CCC=C(CC)C(=O)OCC(CO)(CO)CO. The number of aliphatic hydroxyl groups is 3. The molecule has 0 aromatic heterocycles. The number of rotatable bonds is 8. The largest absolute Gasteiger partial charge is 0.461 e. The molecule has 0 heterocycles. The molecule has 0 atom stereocenters. The summed E-state index contributed by atoms with van der Waals surface area (Å²) in [6, 6.07) is 0. The van der Waals surface area contributed by atoms with Crippen LogP contribution in [0.4, 0.5) is 0 Å². The number of hydrogen-bond donors (Lipinski definition) is 3. The van der Waals surface area contributed by atoms with Gasteiger partial charge in [-0.3, -0.25) is 0 Å². The van der Waals surface area contributed by atoms with Crippen LogP contribution in [0.3, 0.4) is 0 Å². The van der Waals surface area contributed by atoms with Crippen molar-refractivity contribution in [2.24, 2.45) is 5.41 Å². The molecule has 5 nitrogen and oxygen atoms in total. The van der Waals surface area contributed by atoms with E-state index in [4.69, 9.17) is 20.1 Å². The van der Waals surface area contributed by atoms with Gasteiger partial charge in [0.1, 0.15) is 6.61 Å². The summed E-state index contributed by atoms with van der Waals surface area (Å²) < 4.78 is 5.00. The lowest BCUT2D eigenvalue weighted by atomic mass is 9.92. The maximum Gasteiger partial charge on any atom is 0.333 e. The minimum Gasteiger partial charge on any atom is -0.461 e. The van der Waals surface area contributed by atoms with E-state index in [2.05, 4.69) is 0 Å². The van der Waals surface area contributed by atoms with Gasteiger partial charge >= 0.3 is 5.97 Å². The Morgan fingerprint density at radius 1 is 1.18 bits per heavy atom. The molecule has 0 aliphatic rings. The van der Waals surface area contributed by atoms with E-state index in [1.165, 1.54) is 0 Å². The minimum absolute atomic E-state index is 0.198. The minimum atomic E-state index is -1.17. The fourth-order valence-corrected chi connectivity index (χ4v) is 1.22. The summed E-state index contributed by atoms with van der Waals surface area (Å²) in [7, 11) is 0. The third-order valence-corrected chi connectivity index (χ3v) is 2.61. The summed E-state index contributed by atoms with van der Waals surface area (Å²) in [5.74, 6) is -0.464. The van der Waals surface area contributed by atoms with Crippen LogP contribution in [-0.2, 0) is 9.53 Å². The quantitative estimate of drug-likeness (QED) is 0.422. The molecule has 17 heavy (non-hydrogen) atoms. The lowest BCUT2D eigenvalue weighted by Gasteiger charge is -2.26. The first-order valence-electron chi connectivity index (χ1n) is 5.77. The first-order chi connectivity index (χ1) is 8.09. The van der Waals surface area contributed by atoms with Crippen LogP contribution in [0.2, 0.25) is 0 Å². The standard InChI is InChI=1S/C12H22O5/c1-3-5-10(4-2)11(16)17-9-12(6-13,7-14)8-15/h5,13-15H,3-4,6-9H2,1-2H3. The van der Waals surface area contributed by atoms with Gasteiger partial charge in [0.15, 0.2) is 0 Å². The molecule has 0 spiro atoms. The molecule has 0 aliphatic heterocycles. The fraction of sp³-hybridized carbons (Fsp3) is 0.750. The van der Waals surface area contributed by atoms with Crippen molar-refractivity contribution < 1.29 is 24.9 Å². The highest BCUT2D eigenvalue weighted by molar-refractivity contribution is 5.88. The van der Waals surface area contributed by atoms with Crippen molar-refractivity contribution in [2.45, 2.75) is 26.7 Å². The Hall–Kier alpha value is -0.910. The van der Waals surface area contributed by atoms with Crippen LogP contribution in [0.25, 0.3) is 0 Å². The fourth-order valence-electron chi connectivity index (χ4n) is 1.22. The number of ether oxygens (including phenoxy) is 1. The molecule has 0 saturated heterocycles. The molecule has 0 fully saturated rings. The van der Waals surface area contributed by atoms with Crippen molar-refractivity contribution in [1.29, 1.82) is 0 Å². The van der Waals surface area contributed by atoms with Crippen molar-refractivity contribution in [3.63, 3.8) is 0 Å². The van der Waals surface area contributed by atoms with Gasteiger partial charge in [-0.05, 0) is 12.8 Å². The van der Waals surface area contributed by atoms with Crippen molar-refractivity contribution in [1.82, 2.24) is 0 Å². The molecule has 0 aliphatic carbocycles. The second kappa shape index (κ2) is 8.22. The number of carbonyl (C=O) groups is 1. The lowest BCUT2D eigenvalue weighted by Crippen LogP contribution is -2.39. The topological polar surface area (TPSA) is 87.0 Å². The van der Waals surface area contributed by atoms with Gasteiger partial charge in [0.2, 0.25) is 0 Å². The summed E-state index contributed by atoms with van der Waals surface area (Å²) in [6.07, 6.45) is 3.08. The average molecular weight is 246 g/mol. The molecule has 0 aromatic carbocycles. The molecule has 0 bridgehead atoms. The monoisotopic (exact) mass is 246 g/mol. The Bertz CT molecular complexity index is 247.